The van der Waals surface area contributed by atoms with Crippen molar-refractivity contribution in [2.45, 2.75) is 6.42 Å². The van der Waals surface area contributed by atoms with Crippen molar-refractivity contribution in [3.05, 3.63) is 29.3 Å². The Morgan fingerprint density at radius 2 is 2.38 bits per heavy atom. The topological polar surface area (TPSA) is 58.9 Å². The average molecular weight is 177 g/mol. The van der Waals surface area contributed by atoms with Gasteiger partial charge in [0.25, 0.3) is 0 Å². The van der Waals surface area contributed by atoms with Gasteiger partial charge in [0.2, 0.25) is 0 Å². The molecular formula is C9H7NO3. The van der Waals surface area contributed by atoms with Gasteiger partial charge in [-0.05, 0) is 12.1 Å². The van der Waals surface area contributed by atoms with E-state index in [4.69, 9.17) is 9.94 Å². The molecule has 1 N–H and O–H groups in total. The summed E-state index contributed by atoms with van der Waals surface area (Å²) < 4.78 is 0. The van der Waals surface area contributed by atoms with Gasteiger partial charge in [0.1, 0.15) is 0 Å². The third-order valence-corrected chi connectivity index (χ3v) is 1.85. The van der Waals surface area contributed by atoms with Crippen LogP contribution in [0.2, 0.25) is 0 Å². The highest BCUT2D eigenvalue weighted by atomic mass is 16.6. The van der Waals surface area contributed by atoms with E-state index in [0.717, 1.165) is 5.56 Å². The lowest BCUT2D eigenvalue weighted by molar-refractivity contribution is 0.0696. The van der Waals surface area contributed by atoms with Gasteiger partial charge in [-0.25, -0.2) is 4.79 Å². The van der Waals surface area contributed by atoms with Crippen LogP contribution in [0.4, 0.5) is 0 Å². The number of nitrogens with zero attached hydrogens (tertiary/aromatic N) is 1. The maximum atomic E-state index is 10.6. The predicted octanol–water partition coefficient (Wildman–Crippen LogP) is 1.31. The Morgan fingerprint density at radius 1 is 1.54 bits per heavy atom. The predicted molar refractivity (Wildman–Crippen MR) is 46.2 cm³/mol. The van der Waals surface area contributed by atoms with Gasteiger partial charge in [0, 0.05) is 18.2 Å². The van der Waals surface area contributed by atoms with Crippen LogP contribution in [0.25, 0.3) is 0 Å². The molecule has 0 unspecified atom stereocenters. The number of benzene rings is 1. The molecule has 0 aliphatic carbocycles. The third-order valence-electron chi connectivity index (χ3n) is 1.85. The summed E-state index contributed by atoms with van der Waals surface area (Å²) in [5.41, 5.74) is 1.18. The number of carboxylic acid groups (broad SMARTS) is 1. The molecule has 1 aromatic carbocycles. The summed E-state index contributed by atoms with van der Waals surface area (Å²) in [5, 5.41) is 12.3. The number of aromatic carboxylic acids is 1. The molecule has 0 atom stereocenters. The molecule has 0 saturated heterocycles. The second kappa shape index (κ2) is 2.90. The van der Waals surface area contributed by atoms with E-state index >= 15 is 0 Å². The molecule has 66 valence electrons. The number of carbonyl (C=O) groups is 1. The van der Waals surface area contributed by atoms with E-state index < -0.39 is 5.97 Å². The monoisotopic (exact) mass is 177 g/mol. The molecule has 0 radical (unpaired) electrons. The second-order valence-corrected chi connectivity index (χ2v) is 2.71. The lowest BCUT2D eigenvalue weighted by Crippen LogP contribution is -2.03. The molecule has 1 aliphatic rings. The van der Waals surface area contributed by atoms with Crippen LogP contribution in [0.15, 0.2) is 23.4 Å². The van der Waals surface area contributed by atoms with Crippen LogP contribution in [-0.4, -0.2) is 17.3 Å². The summed E-state index contributed by atoms with van der Waals surface area (Å²) >= 11 is 0. The van der Waals surface area contributed by atoms with Gasteiger partial charge in [-0.15, -0.1) is 0 Å². The van der Waals surface area contributed by atoms with Crippen LogP contribution in [-0.2, 0) is 6.42 Å². The van der Waals surface area contributed by atoms with Crippen LogP contribution in [0.1, 0.15) is 15.9 Å². The first-order valence-electron chi connectivity index (χ1n) is 3.82. The Hall–Kier alpha value is -1.84. The number of fused-ring (bicyclic) bond motifs is 1. The van der Waals surface area contributed by atoms with Crippen molar-refractivity contribution < 1.29 is 14.7 Å². The number of hydrogen-bond acceptors (Lipinski definition) is 3. The highest BCUT2D eigenvalue weighted by molar-refractivity contribution is 5.88. The summed E-state index contributed by atoms with van der Waals surface area (Å²) in [6, 6.07) is 4.78. The zero-order valence-corrected chi connectivity index (χ0v) is 6.73. The summed E-state index contributed by atoms with van der Waals surface area (Å²) in [5.74, 6) is -0.427. The van der Waals surface area contributed by atoms with Crippen LogP contribution in [0.3, 0.4) is 0 Å². The van der Waals surface area contributed by atoms with Crippen molar-refractivity contribution in [2.24, 2.45) is 5.16 Å². The van der Waals surface area contributed by atoms with Gasteiger partial charge in [-0.3, -0.25) is 0 Å². The van der Waals surface area contributed by atoms with Crippen LogP contribution in [0, 0.1) is 0 Å². The van der Waals surface area contributed by atoms with Gasteiger partial charge < -0.3 is 9.94 Å². The summed E-state index contributed by atoms with van der Waals surface area (Å²) in [4.78, 5) is 15.5. The van der Waals surface area contributed by atoms with E-state index in [-0.39, 0.29) is 5.56 Å². The van der Waals surface area contributed by atoms with E-state index in [9.17, 15) is 4.79 Å². The second-order valence-electron chi connectivity index (χ2n) is 2.71. The van der Waals surface area contributed by atoms with Crippen molar-refractivity contribution in [1.29, 1.82) is 0 Å². The minimum Gasteiger partial charge on any atom is -0.478 e. The molecule has 0 aromatic heterocycles. The zero-order chi connectivity index (χ0) is 9.26. The maximum Gasteiger partial charge on any atom is 0.335 e. The highest BCUT2D eigenvalue weighted by Crippen LogP contribution is 2.23. The average Bonchev–Trinajstić information content (AvgIpc) is 2.17. The molecule has 2 rings (SSSR count). The molecule has 0 bridgehead atoms. The molecule has 1 aromatic rings. The highest BCUT2D eigenvalue weighted by Gasteiger charge is 2.11. The molecule has 1 heterocycles. The van der Waals surface area contributed by atoms with Crippen molar-refractivity contribution >= 4 is 12.2 Å². The zero-order valence-electron chi connectivity index (χ0n) is 6.73. The molecular weight excluding hydrogens is 170 g/mol. The van der Waals surface area contributed by atoms with Crippen LogP contribution in [0.5, 0.6) is 5.75 Å². The molecule has 0 amide bonds. The molecule has 4 heteroatoms. The molecule has 13 heavy (non-hydrogen) atoms. The largest absolute Gasteiger partial charge is 0.478 e. The van der Waals surface area contributed by atoms with Gasteiger partial charge in [-0.1, -0.05) is 11.2 Å². The van der Waals surface area contributed by atoms with Crippen molar-refractivity contribution in [3.8, 4) is 5.75 Å². The normalized spacial score (nSPS) is 13.2. The Morgan fingerprint density at radius 3 is 3.15 bits per heavy atom. The van der Waals surface area contributed by atoms with Crippen molar-refractivity contribution in [1.82, 2.24) is 0 Å². The fourth-order valence-corrected chi connectivity index (χ4v) is 1.17. The summed E-state index contributed by atoms with van der Waals surface area (Å²) in [6.07, 6.45) is 2.33. The Kier molecular flexibility index (Phi) is 1.73. The number of oxime groups is 1. The van der Waals surface area contributed by atoms with E-state index in [2.05, 4.69) is 5.16 Å². The van der Waals surface area contributed by atoms with Gasteiger partial charge >= 0.3 is 5.97 Å². The molecule has 0 fully saturated rings. The van der Waals surface area contributed by atoms with E-state index in [0.29, 0.717) is 12.2 Å². The summed E-state index contributed by atoms with van der Waals surface area (Å²) in [6.45, 7) is 0. The van der Waals surface area contributed by atoms with Crippen LogP contribution < -0.4 is 4.84 Å². The lowest BCUT2D eigenvalue weighted by atomic mass is 10.1. The smallest absolute Gasteiger partial charge is 0.335 e. The first-order valence-corrected chi connectivity index (χ1v) is 3.82. The Balaban J connectivity index is 2.44. The quantitative estimate of drug-likeness (QED) is 0.703. The third kappa shape index (κ3) is 1.38. The lowest BCUT2D eigenvalue weighted by Gasteiger charge is -2.09. The number of hydrogen-bond donors (Lipinski definition) is 1. The number of carboxylic acids is 1. The van der Waals surface area contributed by atoms with E-state index in [1.165, 1.54) is 6.07 Å². The van der Waals surface area contributed by atoms with Crippen molar-refractivity contribution in [2.75, 3.05) is 0 Å². The van der Waals surface area contributed by atoms with Crippen LogP contribution >= 0.6 is 0 Å². The van der Waals surface area contributed by atoms with Gasteiger partial charge in [-0.2, -0.15) is 0 Å². The Bertz CT molecular complexity index is 384. The standard InChI is InChI=1S/C9H7NO3/c11-9(12)7-2-1-6-3-4-10-13-8(6)5-7/h1-2,4-5H,3H2,(H,11,12). The van der Waals surface area contributed by atoms with E-state index in [1.54, 1.807) is 18.3 Å². The van der Waals surface area contributed by atoms with Gasteiger partial charge in [0.05, 0.1) is 5.56 Å². The first kappa shape index (κ1) is 7.79. The fraction of sp³-hybridized carbons (Fsp3) is 0.111. The minimum atomic E-state index is -0.957. The molecule has 1 aliphatic heterocycles. The fourth-order valence-electron chi connectivity index (χ4n) is 1.17. The summed E-state index contributed by atoms with van der Waals surface area (Å²) in [7, 11) is 0. The molecule has 0 spiro atoms. The molecule has 0 saturated carbocycles. The number of rotatable bonds is 1. The molecule has 4 nitrogen and oxygen atoms in total. The van der Waals surface area contributed by atoms with Crippen molar-refractivity contribution in [3.63, 3.8) is 0 Å². The van der Waals surface area contributed by atoms with E-state index in [1.807, 2.05) is 0 Å². The minimum absolute atomic E-state index is 0.218. The Labute approximate surface area is 74.4 Å². The van der Waals surface area contributed by atoms with Gasteiger partial charge in [0.15, 0.2) is 5.75 Å². The first-order chi connectivity index (χ1) is 6.27. The SMILES string of the molecule is O=C(O)c1ccc2c(c1)ON=CC2. The maximum absolute atomic E-state index is 10.6.